The van der Waals surface area contributed by atoms with E-state index in [0.717, 1.165) is 27.7 Å². The second-order valence-electron chi connectivity index (χ2n) is 7.02. The highest BCUT2D eigenvalue weighted by molar-refractivity contribution is 9.10. The highest BCUT2D eigenvalue weighted by Crippen LogP contribution is 2.18. The third-order valence-electron chi connectivity index (χ3n) is 5.03. The van der Waals surface area contributed by atoms with E-state index < -0.39 is 0 Å². The van der Waals surface area contributed by atoms with E-state index in [-0.39, 0.29) is 11.8 Å². The number of rotatable bonds is 6. The lowest BCUT2D eigenvalue weighted by atomic mass is 10.1. The Morgan fingerprint density at radius 1 is 1.03 bits per heavy atom. The summed E-state index contributed by atoms with van der Waals surface area (Å²) in [6, 6.07) is 15.7. The van der Waals surface area contributed by atoms with Gasteiger partial charge in [0.1, 0.15) is 0 Å². The normalized spacial score (nSPS) is 14.9. The van der Waals surface area contributed by atoms with Crippen LogP contribution in [0.4, 0.5) is 5.69 Å². The molecule has 0 unspecified atom stereocenters. The zero-order chi connectivity index (χ0) is 20.6. The van der Waals surface area contributed by atoms with Crippen molar-refractivity contribution >= 4 is 39.5 Å². The van der Waals surface area contributed by atoms with Gasteiger partial charge in [-0.3, -0.25) is 14.5 Å². The van der Waals surface area contributed by atoms with Crippen LogP contribution < -0.4 is 5.32 Å². The smallest absolute Gasteiger partial charge is 0.246 e. The summed E-state index contributed by atoms with van der Waals surface area (Å²) in [4.78, 5) is 28.8. The van der Waals surface area contributed by atoms with Crippen molar-refractivity contribution in [1.29, 1.82) is 0 Å². The maximum Gasteiger partial charge on any atom is 0.246 e. The van der Waals surface area contributed by atoms with Gasteiger partial charge >= 0.3 is 0 Å². The molecule has 0 radical (unpaired) electrons. The van der Waals surface area contributed by atoms with Gasteiger partial charge in [0.05, 0.1) is 6.54 Å². The van der Waals surface area contributed by atoms with Crippen molar-refractivity contribution in [3.63, 3.8) is 0 Å². The third-order valence-corrected chi connectivity index (χ3v) is 5.76. The highest BCUT2D eigenvalue weighted by Gasteiger charge is 2.21. The van der Waals surface area contributed by atoms with E-state index in [1.54, 1.807) is 6.08 Å². The molecule has 29 heavy (non-hydrogen) atoms. The number of nitrogens with zero attached hydrogens (tertiary/aromatic N) is 2. The molecule has 1 aliphatic rings. The zero-order valence-electron chi connectivity index (χ0n) is 16.6. The molecule has 3 rings (SSSR count). The number of amides is 2. The number of anilines is 1. The number of piperazine rings is 1. The number of carbonyl (C=O) groups is 2. The predicted octanol–water partition coefficient (Wildman–Crippen LogP) is 3.81. The van der Waals surface area contributed by atoms with Crippen molar-refractivity contribution in [1.82, 2.24) is 9.80 Å². The second-order valence-corrected chi connectivity index (χ2v) is 7.87. The minimum Gasteiger partial charge on any atom is -0.337 e. The van der Waals surface area contributed by atoms with Gasteiger partial charge in [0.25, 0.3) is 0 Å². The van der Waals surface area contributed by atoms with Crippen LogP contribution in [0.15, 0.2) is 59.1 Å². The van der Waals surface area contributed by atoms with Gasteiger partial charge in [-0.15, -0.1) is 0 Å². The molecule has 0 aliphatic carbocycles. The van der Waals surface area contributed by atoms with Crippen LogP contribution in [0.5, 0.6) is 0 Å². The van der Waals surface area contributed by atoms with Crippen molar-refractivity contribution in [2.45, 2.75) is 13.3 Å². The molecular formula is C23H26BrN3O2. The summed E-state index contributed by atoms with van der Waals surface area (Å²) in [5, 5.41) is 3.01. The Hall–Kier alpha value is -2.44. The lowest BCUT2D eigenvalue weighted by Gasteiger charge is -2.33. The Morgan fingerprint density at radius 3 is 2.45 bits per heavy atom. The topological polar surface area (TPSA) is 52.7 Å². The second kappa shape index (κ2) is 10.4. The molecule has 0 bridgehead atoms. The molecule has 1 fully saturated rings. The molecule has 152 valence electrons. The fourth-order valence-corrected chi connectivity index (χ4v) is 3.76. The number of hydrogen-bond donors (Lipinski definition) is 1. The average molecular weight is 456 g/mol. The molecule has 2 aromatic carbocycles. The lowest BCUT2D eigenvalue weighted by molar-refractivity contribution is -0.127. The van der Waals surface area contributed by atoms with Gasteiger partial charge in [-0.25, -0.2) is 0 Å². The van der Waals surface area contributed by atoms with Crippen LogP contribution in [0, 0.1) is 0 Å². The first-order valence-electron chi connectivity index (χ1n) is 9.88. The van der Waals surface area contributed by atoms with E-state index in [4.69, 9.17) is 0 Å². The molecule has 2 aromatic rings. The van der Waals surface area contributed by atoms with Crippen LogP contribution in [0.25, 0.3) is 6.08 Å². The van der Waals surface area contributed by atoms with Crippen LogP contribution in [-0.2, 0) is 16.0 Å². The largest absolute Gasteiger partial charge is 0.337 e. The predicted molar refractivity (Wildman–Crippen MR) is 121 cm³/mol. The molecule has 1 heterocycles. The molecule has 0 aromatic heterocycles. The number of hydrogen-bond acceptors (Lipinski definition) is 3. The quantitative estimate of drug-likeness (QED) is 0.673. The molecule has 1 aliphatic heterocycles. The molecule has 1 saturated heterocycles. The first kappa shape index (κ1) is 21.3. The van der Waals surface area contributed by atoms with Crippen LogP contribution in [-0.4, -0.2) is 54.3 Å². The molecule has 0 atom stereocenters. The van der Waals surface area contributed by atoms with Crippen LogP contribution in [0.3, 0.4) is 0 Å². The number of carbonyl (C=O) groups excluding carboxylic acids is 2. The highest BCUT2D eigenvalue weighted by atomic mass is 79.9. The summed E-state index contributed by atoms with van der Waals surface area (Å²) in [6.45, 7) is 5.05. The summed E-state index contributed by atoms with van der Waals surface area (Å²) in [6.07, 6.45) is 4.33. The SMILES string of the molecule is CCc1ccccc1NC(=O)CN1CCN(C(=O)/C=C/c2ccccc2Br)CC1. The standard InChI is InChI=1S/C23H26BrN3O2/c1-2-18-7-4-6-10-21(18)25-22(28)17-26-13-15-27(16-14-26)23(29)12-11-19-8-3-5-9-20(19)24/h3-12H,2,13-17H2,1H3,(H,25,28)/b12-11+. The van der Waals surface area contributed by atoms with Gasteiger partial charge in [0, 0.05) is 42.4 Å². The summed E-state index contributed by atoms with van der Waals surface area (Å²) >= 11 is 3.49. The Bertz CT molecular complexity index is 889. The van der Waals surface area contributed by atoms with Gasteiger partial charge in [-0.1, -0.05) is 59.3 Å². The van der Waals surface area contributed by atoms with E-state index in [9.17, 15) is 9.59 Å². The molecular weight excluding hydrogens is 430 g/mol. The lowest BCUT2D eigenvalue weighted by Crippen LogP contribution is -2.50. The number of benzene rings is 2. The minimum absolute atomic E-state index is 0.00160. The number of aryl methyl sites for hydroxylation is 1. The Kier molecular flexibility index (Phi) is 7.61. The zero-order valence-corrected chi connectivity index (χ0v) is 18.2. The first-order valence-corrected chi connectivity index (χ1v) is 10.7. The monoisotopic (exact) mass is 455 g/mol. The molecule has 2 amide bonds. The van der Waals surface area contributed by atoms with Gasteiger partial charge in [0.15, 0.2) is 0 Å². The number of para-hydroxylation sites is 1. The summed E-state index contributed by atoms with van der Waals surface area (Å²) < 4.78 is 0.963. The fourth-order valence-electron chi connectivity index (χ4n) is 3.35. The third kappa shape index (κ3) is 6.02. The molecule has 0 saturated carbocycles. The molecule has 5 nitrogen and oxygen atoms in total. The van der Waals surface area contributed by atoms with E-state index >= 15 is 0 Å². The Morgan fingerprint density at radius 2 is 1.72 bits per heavy atom. The van der Waals surface area contributed by atoms with Gasteiger partial charge in [0.2, 0.25) is 11.8 Å². The van der Waals surface area contributed by atoms with Crippen molar-refractivity contribution in [2.75, 3.05) is 38.0 Å². The molecule has 6 heteroatoms. The molecule has 1 N–H and O–H groups in total. The number of halogens is 1. The number of nitrogens with one attached hydrogen (secondary N) is 1. The van der Waals surface area contributed by atoms with Gasteiger partial charge < -0.3 is 10.2 Å². The summed E-state index contributed by atoms with van der Waals surface area (Å²) in [5.74, 6) is -0.0128. The van der Waals surface area contributed by atoms with Gasteiger partial charge in [-0.05, 0) is 35.8 Å². The van der Waals surface area contributed by atoms with Crippen molar-refractivity contribution < 1.29 is 9.59 Å². The Balaban J connectivity index is 1.47. The maximum atomic E-state index is 12.4. The van der Waals surface area contributed by atoms with Gasteiger partial charge in [-0.2, -0.15) is 0 Å². The van der Waals surface area contributed by atoms with Crippen molar-refractivity contribution in [3.05, 3.63) is 70.2 Å². The van der Waals surface area contributed by atoms with Crippen molar-refractivity contribution in [2.24, 2.45) is 0 Å². The minimum atomic E-state index is -0.0144. The van der Waals surface area contributed by atoms with E-state index in [1.807, 2.05) is 59.5 Å². The first-order chi connectivity index (χ1) is 14.1. The van der Waals surface area contributed by atoms with Crippen LogP contribution in [0.2, 0.25) is 0 Å². The van der Waals surface area contributed by atoms with Crippen molar-refractivity contribution in [3.8, 4) is 0 Å². The maximum absolute atomic E-state index is 12.4. The van der Waals surface area contributed by atoms with E-state index in [0.29, 0.717) is 32.7 Å². The van der Waals surface area contributed by atoms with E-state index in [1.165, 1.54) is 0 Å². The average Bonchev–Trinajstić information content (AvgIpc) is 2.74. The summed E-state index contributed by atoms with van der Waals surface area (Å²) in [7, 11) is 0. The Labute approximate surface area is 180 Å². The summed E-state index contributed by atoms with van der Waals surface area (Å²) in [5.41, 5.74) is 2.99. The van der Waals surface area contributed by atoms with E-state index in [2.05, 4.69) is 33.1 Å². The molecule has 0 spiro atoms. The van der Waals surface area contributed by atoms with Crippen LogP contribution in [0.1, 0.15) is 18.1 Å². The fraction of sp³-hybridized carbons (Fsp3) is 0.304. The van der Waals surface area contributed by atoms with Crippen LogP contribution >= 0.6 is 15.9 Å².